The summed E-state index contributed by atoms with van der Waals surface area (Å²) >= 11 is 0. The van der Waals surface area contributed by atoms with Crippen LogP contribution in [0, 0.1) is 5.92 Å². The van der Waals surface area contributed by atoms with Gasteiger partial charge in [0.15, 0.2) is 0 Å². The van der Waals surface area contributed by atoms with Crippen molar-refractivity contribution >= 4 is 5.69 Å². The van der Waals surface area contributed by atoms with Crippen LogP contribution in [0.25, 0.3) is 0 Å². The number of nitrogens with zero attached hydrogens (tertiary/aromatic N) is 3. The third-order valence-corrected chi connectivity index (χ3v) is 6.33. The van der Waals surface area contributed by atoms with Crippen molar-refractivity contribution in [3.05, 3.63) is 29.8 Å². The third kappa shape index (κ3) is 6.86. The molecule has 164 valence electrons. The number of halogens is 3. The lowest BCUT2D eigenvalue weighted by Crippen LogP contribution is -2.47. The van der Waals surface area contributed by atoms with E-state index in [-0.39, 0.29) is 6.10 Å². The maximum Gasteiger partial charge on any atom is 0.416 e. The van der Waals surface area contributed by atoms with Gasteiger partial charge in [0.2, 0.25) is 0 Å². The van der Waals surface area contributed by atoms with E-state index < -0.39 is 11.7 Å². The predicted octanol–water partition coefficient (Wildman–Crippen LogP) is 3.70. The zero-order chi connectivity index (χ0) is 20.9. The fourth-order valence-corrected chi connectivity index (χ4v) is 4.34. The maximum atomic E-state index is 12.9. The molecule has 0 aromatic heterocycles. The molecule has 2 heterocycles. The molecule has 2 saturated heterocycles. The number of benzene rings is 1. The molecule has 0 aliphatic carbocycles. The molecule has 0 amide bonds. The van der Waals surface area contributed by atoms with Gasteiger partial charge in [-0.1, -0.05) is 6.07 Å². The van der Waals surface area contributed by atoms with E-state index in [1.54, 1.807) is 6.07 Å². The van der Waals surface area contributed by atoms with Crippen LogP contribution in [0.5, 0.6) is 0 Å². The topological polar surface area (TPSA) is 30.0 Å². The molecule has 3 rings (SSSR count). The Balaban J connectivity index is 1.37. The molecule has 1 aromatic carbocycles. The molecular formula is C22H34F3N3O. The Kier molecular flexibility index (Phi) is 7.82. The first-order valence-electron chi connectivity index (χ1n) is 10.9. The van der Waals surface area contributed by atoms with Crippen molar-refractivity contribution in [2.24, 2.45) is 5.92 Å². The number of aliphatic hydroxyl groups is 1. The summed E-state index contributed by atoms with van der Waals surface area (Å²) in [6.07, 6.45) is -0.00539. The summed E-state index contributed by atoms with van der Waals surface area (Å²) in [7, 11) is 0. The smallest absolute Gasteiger partial charge is 0.393 e. The van der Waals surface area contributed by atoms with E-state index in [1.165, 1.54) is 31.4 Å². The van der Waals surface area contributed by atoms with Crippen LogP contribution in [0.1, 0.15) is 38.2 Å². The number of aliphatic hydroxyl groups excluding tert-OH is 1. The molecule has 2 fully saturated rings. The van der Waals surface area contributed by atoms with Gasteiger partial charge in [-0.3, -0.25) is 4.90 Å². The number of alkyl halides is 3. The maximum absolute atomic E-state index is 12.9. The van der Waals surface area contributed by atoms with Gasteiger partial charge in [0.25, 0.3) is 0 Å². The molecule has 1 unspecified atom stereocenters. The van der Waals surface area contributed by atoms with Gasteiger partial charge >= 0.3 is 6.18 Å². The summed E-state index contributed by atoms with van der Waals surface area (Å²) in [5.74, 6) is 0.763. The number of piperazine rings is 1. The highest BCUT2D eigenvalue weighted by atomic mass is 19.4. The third-order valence-electron chi connectivity index (χ3n) is 6.33. The second-order valence-electron chi connectivity index (χ2n) is 8.59. The fraction of sp³-hybridized carbons (Fsp3) is 0.727. The number of anilines is 1. The molecule has 2 aliphatic heterocycles. The molecule has 7 heteroatoms. The lowest BCUT2D eigenvalue weighted by atomic mass is 9.93. The minimum absolute atomic E-state index is 0.220. The normalized spacial score (nSPS) is 21.5. The Morgan fingerprint density at radius 2 is 1.66 bits per heavy atom. The van der Waals surface area contributed by atoms with E-state index in [0.717, 1.165) is 70.8 Å². The molecule has 1 atom stereocenters. The lowest BCUT2D eigenvalue weighted by molar-refractivity contribution is -0.137. The predicted molar refractivity (Wildman–Crippen MR) is 110 cm³/mol. The summed E-state index contributed by atoms with van der Waals surface area (Å²) in [6.45, 7) is 9.53. The van der Waals surface area contributed by atoms with Crippen LogP contribution >= 0.6 is 0 Å². The summed E-state index contributed by atoms with van der Waals surface area (Å²) in [5.41, 5.74) is 0.0984. The highest BCUT2D eigenvalue weighted by Crippen LogP contribution is 2.32. The van der Waals surface area contributed by atoms with Gasteiger partial charge in [0.1, 0.15) is 0 Å². The first-order valence-corrected chi connectivity index (χ1v) is 10.9. The first-order chi connectivity index (χ1) is 13.8. The van der Waals surface area contributed by atoms with Crippen molar-refractivity contribution < 1.29 is 18.3 Å². The van der Waals surface area contributed by atoms with Gasteiger partial charge in [0, 0.05) is 38.4 Å². The lowest BCUT2D eigenvalue weighted by Gasteiger charge is -2.38. The van der Waals surface area contributed by atoms with Crippen molar-refractivity contribution in [2.45, 2.75) is 44.9 Å². The molecule has 0 bridgehead atoms. The first kappa shape index (κ1) is 22.4. The van der Waals surface area contributed by atoms with Gasteiger partial charge in [0.05, 0.1) is 11.7 Å². The van der Waals surface area contributed by atoms with E-state index in [1.807, 2.05) is 6.92 Å². The average molecular weight is 414 g/mol. The zero-order valence-corrected chi connectivity index (χ0v) is 17.4. The molecule has 0 radical (unpaired) electrons. The molecule has 1 aromatic rings. The van der Waals surface area contributed by atoms with Gasteiger partial charge in [-0.25, -0.2) is 0 Å². The number of rotatable bonds is 7. The number of hydrogen-bond donors (Lipinski definition) is 1. The number of piperidine rings is 1. The molecule has 29 heavy (non-hydrogen) atoms. The Morgan fingerprint density at radius 1 is 1.00 bits per heavy atom. The van der Waals surface area contributed by atoms with E-state index in [0.29, 0.717) is 5.69 Å². The van der Waals surface area contributed by atoms with E-state index in [4.69, 9.17) is 0 Å². The van der Waals surface area contributed by atoms with Crippen molar-refractivity contribution in [1.82, 2.24) is 9.80 Å². The molecule has 0 saturated carbocycles. The Labute approximate surface area is 172 Å². The quantitative estimate of drug-likeness (QED) is 0.738. The summed E-state index contributed by atoms with van der Waals surface area (Å²) < 4.78 is 38.8. The summed E-state index contributed by atoms with van der Waals surface area (Å²) in [6, 6.07) is 5.67. The monoisotopic (exact) mass is 413 g/mol. The number of hydrogen-bond acceptors (Lipinski definition) is 4. The van der Waals surface area contributed by atoms with E-state index >= 15 is 0 Å². The van der Waals surface area contributed by atoms with Crippen molar-refractivity contribution in [3.8, 4) is 0 Å². The highest BCUT2D eigenvalue weighted by molar-refractivity contribution is 5.49. The van der Waals surface area contributed by atoms with Crippen LogP contribution in [0.15, 0.2) is 24.3 Å². The van der Waals surface area contributed by atoms with Gasteiger partial charge in [-0.2, -0.15) is 13.2 Å². The molecule has 4 nitrogen and oxygen atoms in total. The van der Waals surface area contributed by atoms with Gasteiger partial charge in [-0.15, -0.1) is 0 Å². The molecule has 1 N–H and O–H groups in total. The minimum Gasteiger partial charge on any atom is -0.393 e. The standard InChI is InChI=1S/C22H34F3N3O/c1-18(29)5-9-26-10-6-19(7-11-26)8-12-27-13-15-28(16-14-27)21-4-2-3-20(17-21)22(23,24)25/h2-4,17-19,29H,5-16H2,1H3. The zero-order valence-electron chi connectivity index (χ0n) is 17.4. The Bertz CT molecular complexity index is 622. The van der Waals surface area contributed by atoms with Crippen LogP contribution in [0.4, 0.5) is 18.9 Å². The number of likely N-dealkylation sites (tertiary alicyclic amines) is 1. The Morgan fingerprint density at radius 3 is 2.28 bits per heavy atom. The SMILES string of the molecule is CC(O)CCN1CCC(CCN2CCN(c3cccc(C(F)(F)F)c3)CC2)CC1. The van der Waals surface area contributed by atoms with Gasteiger partial charge < -0.3 is 14.9 Å². The van der Waals surface area contributed by atoms with Crippen molar-refractivity contribution in [2.75, 3.05) is 57.3 Å². The second kappa shape index (κ2) is 10.1. The summed E-state index contributed by atoms with van der Waals surface area (Å²) in [4.78, 5) is 6.97. The minimum atomic E-state index is -4.29. The fourth-order valence-electron chi connectivity index (χ4n) is 4.34. The molecular weight excluding hydrogens is 379 g/mol. The van der Waals surface area contributed by atoms with Crippen LogP contribution in [-0.2, 0) is 6.18 Å². The Hall–Kier alpha value is -1.31. The van der Waals surface area contributed by atoms with E-state index in [2.05, 4.69) is 14.7 Å². The van der Waals surface area contributed by atoms with Crippen LogP contribution in [-0.4, -0.2) is 73.4 Å². The summed E-state index contributed by atoms with van der Waals surface area (Å²) in [5, 5.41) is 9.42. The van der Waals surface area contributed by atoms with Gasteiger partial charge in [-0.05, 0) is 76.4 Å². The average Bonchev–Trinajstić information content (AvgIpc) is 2.71. The van der Waals surface area contributed by atoms with Crippen molar-refractivity contribution in [1.29, 1.82) is 0 Å². The van der Waals surface area contributed by atoms with Crippen LogP contribution < -0.4 is 4.90 Å². The molecule has 2 aliphatic rings. The van der Waals surface area contributed by atoms with Crippen molar-refractivity contribution in [3.63, 3.8) is 0 Å². The second-order valence-corrected chi connectivity index (χ2v) is 8.59. The molecule has 0 spiro atoms. The highest BCUT2D eigenvalue weighted by Gasteiger charge is 2.31. The van der Waals surface area contributed by atoms with Crippen LogP contribution in [0.2, 0.25) is 0 Å². The largest absolute Gasteiger partial charge is 0.416 e. The van der Waals surface area contributed by atoms with Crippen LogP contribution in [0.3, 0.4) is 0 Å². The van der Waals surface area contributed by atoms with E-state index in [9.17, 15) is 18.3 Å².